The molecule has 4 N–H and O–H groups in total. The van der Waals surface area contributed by atoms with Crippen molar-refractivity contribution in [3.05, 3.63) is 0 Å². The van der Waals surface area contributed by atoms with Crippen molar-refractivity contribution in [3.63, 3.8) is 0 Å². The molecule has 0 radical (unpaired) electrons. The monoisotopic (exact) mass is 147 g/mol. The van der Waals surface area contributed by atoms with E-state index in [2.05, 4.69) is 5.32 Å². The van der Waals surface area contributed by atoms with Gasteiger partial charge in [-0.2, -0.15) is 0 Å². The van der Waals surface area contributed by atoms with Crippen LogP contribution in [0.15, 0.2) is 0 Å². The second-order valence-corrected chi connectivity index (χ2v) is 2.65. The molecule has 10 heavy (non-hydrogen) atoms. The van der Waals surface area contributed by atoms with Crippen LogP contribution in [-0.2, 0) is 0 Å². The summed E-state index contributed by atoms with van der Waals surface area (Å²) in [6.07, 6.45) is -0.579. The topological polar surface area (TPSA) is 72.7 Å². The Hall–Kier alpha value is -0.160. The van der Waals surface area contributed by atoms with Crippen molar-refractivity contribution in [1.29, 1.82) is 0 Å². The number of nitrogens with one attached hydrogen (secondary N) is 1. The van der Waals surface area contributed by atoms with E-state index < -0.39 is 6.10 Å². The molecule has 0 spiro atoms. The minimum atomic E-state index is -0.739. The van der Waals surface area contributed by atoms with Gasteiger partial charge in [0.2, 0.25) is 0 Å². The molecule has 0 bridgehead atoms. The highest BCUT2D eigenvalue weighted by atomic mass is 16.3. The number of aliphatic hydroxyl groups excluding tert-OH is 3. The molecule has 1 saturated heterocycles. The first-order chi connectivity index (χ1) is 4.74. The first-order valence-corrected chi connectivity index (χ1v) is 3.44. The minimum absolute atomic E-state index is 0.139. The number of aliphatic hydroxyl groups is 3. The van der Waals surface area contributed by atoms with E-state index in [0.29, 0.717) is 13.0 Å². The molecule has 1 fully saturated rings. The normalized spacial score (nSPS) is 36.3. The zero-order valence-corrected chi connectivity index (χ0v) is 5.70. The van der Waals surface area contributed by atoms with Gasteiger partial charge in [-0.3, -0.25) is 0 Å². The lowest BCUT2D eigenvalue weighted by molar-refractivity contribution is 0.0643. The van der Waals surface area contributed by atoms with Crippen molar-refractivity contribution in [3.8, 4) is 0 Å². The molecule has 0 saturated carbocycles. The summed E-state index contributed by atoms with van der Waals surface area (Å²) in [5.41, 5.74) is 0. The Morgan fingerprint density at radius 2 is 2.30 bits per heavy atom. The molecule has 3 atom stereocenters. The second-order valence-electron chi connectivity index (χ2n) is 2.65. The summed E-state index contributed by atoms with van der Waals surface area (Å²) in [5, 5.41) is 29.4. The van der Waals surface area contributed by atoms with Crippen LogP contribution in [0.5, 0.6) is 0 Å². The Morgan fingerprint density at radius 3 is 2.70 bits per heavy atom. The lowest BCUT2D eigenvalue weighted by Gasteiger charge is -2.14. The van der Waals surface area contributed by atoms with E-state index in [4.69, 9.17) is 15.3 Å². The molecule has 0 unspecified atom stereocenters. The number of rotatable bonds is 2. The first-order valence-electron chi connectivity index (χ1n) is 3.44. The van der Waals surface area contributed by atoms with Gasteiger partial charge >= 0.3 is 0 Å². The van der Waals surface area contributed by atoms with E-state index in [-0.39, 0.29) is 18.8 Å². The molecule has 1 heterocycles. The maximum absolute atomic E-state index is 9.05. The smallest absolute Gasteiger partial charge is 0.0924 e. The molecule has 60 valence electrons. The van der Waals surface area contributed by atoms with Gasteiger partial charge in [-0.15, -0.1) is 0 Å². The molecule has 0 aromatic carbocycles. The summed E-state index contributed by atoms with van der Waals surface area (Å²) in [6.45, 7) is 0.270. The number of hydrogen-bond donors (Lipinski definition) is 4. The molecule has 1 rings (SSSR count). The fourth-order valence-corrected chi connectivity index (χ4v) is 1.17. The van der Waals surface area contributed by atoms with E-state index in [0.717, 1.165) is 0 Å². The summed E-state index contributed by atoms with van der Waals surface area (Å²) >= 11 is 0. The average Bonchev–Trinajstić information content (AvgIpc) is 2.34. The summed E-state index contributed by atoms with van der Waals surface area (Å²) < 4.78 is 0. The summed E-state index contributed by atoms with van der Waals surface area (Å²) in [4.78, 5) is 0. The van der Waals surface area contributed by atoms with Crippen LogP contribution in [0, 0.1) is 0 Å². The quantitative estimate of drug-likeness (QED) is 0.367. The van der Waals surface area contributed by atoms with Crippen molar-refractivity contribution >= 4 is 0 Å². The molecular weight excluding hydrogens is 134 g/mol. The molecule has 0 amide bonds. The molecule has 1 aliphatic heterocycles. The van der Waals surface area contributed by atoms with Crippen molar-refractivity contribution < 1.29 is 15.3 Å². The zero-order valence-electron chi connectivity index (χ0n) is 5.70. The van der Waals surface area contributed by atoms with E-state index in [1.165, 1.54) is 0 Å². The lowest BCUT2D eigenvalue weighted by atomic mass is 10.1. The molecule has 0 aliphatic carbocycles. The summed E-state index contributed by atoms with van der Waals surface area (Å²) in [5.74, 6) is 0. The fourth-order valence-electron chi connectivity index (χ4n) is 1.17. The molecule has 4 heteroatoms. The zero-order chi connectivity index (χ0) is 7.56. The van der Waals surface area contributed by atoms with Crippen LogP contribution in [0.3, 0.4) is 0 Å². The SMILES string of the molecule is OC[C@H](O)[C@@H]1C[C@@H](O)CN1. The van der Waals surface area contributed by atoms with E-state index in [1.807, 2.05) is 0 Å². The minimum Gasteiger partial charge on any atom is -0.394 e. The number of hydrogen-bond acceptors (Lipinski definition) is 4. The Kier molecular flexibility index (Phi) is 2.62. The maximum atomic E-state index is 9.05. The molecule has 0 aromatic heterocycles. The van der Waals surface area contributed by atoms with Crippen LogP contribution in [0.25, 0.3) is 0 Å². The summed E-state index contributed by atoms with van der Waals surface area (Å²) in [6, 6.07) is -0.139. The van der Waals surface area contributed by atoms with E-state index >= 15 is 0 Å². The van der Waals surface area contributed by atoms with Crippen LogP contribution in [-0.4, -0.2) is 46.7 Å². The van der Waals surface area contributed by atoms with Gasteiger partial charge in [0.25, 0.3) is 0 Å². The van der Waals surface area contributed by atoms with Gasteiger partial charge in [0.1, 0.15) is 0 Å². The van der Waals surface area contributed by atoms with Crippen molar-refractivity contribution in [2.24, 2.45) is 0 Å². The molecule has 4 nitrogen and oxygen atoms in total. The molecule has 0 aromatic rings. The second kappa shape index (κ2) is 3.30. The Morgan fingerprint density at radius 1 is 1.60 bits per heavy atom. The van der Waals surface area contributed by atoms with Gasteiger partial charge in [-0.1, -0.05) is 0 Å². The lowest BCUT2D eigenvalue weighted by Crippen LogP contribution is -2.36. The highest BCUT2D eigenvalue weighted by Crippen LogP contribution is 2.09. The third kappa shape index (κ3) is 1.67. The standard InChI is InChI=1S/C6H13NO3/c8-3-6(10)5-1-4(9)2-7-5/h4-10H,1-3H2/t4-,5+,6+/m1/s1. The Labute approximate surface area is 59.5 Å². The van der Waals surface area contributed by atoms with Crippen LogP contribution < -0.4 is 5.32 Å². The third-order valence-corrected chi connectivity index (χ3v) is 1.79. The Bertz CT molecular complexity index is 109. The number of β-amino-alcohol motifs (C(OH)–C–C–N with tert-alkyl or cyclic N) is 1. The van der Waals surface area contributed by atoms with Gasteiger partial charge in [0.15, 0.2) is 0 Å². The van der Waals surface area contributed by atoms with Crippen LogP contribution in [0.1, 0.15) is 6.42 Å². The van der Waals surface area contributed by atoms with Gasteiger partial charge in [-0.05, 0) is 6.42 Å². The van der Waals surface area contributed by atoms with E-state index in [1.54, 1.807) is 0 Å². The highest BCUT2D eigenvalue weighted by Gasteiger charge is 2.27. The van der Waals surface area contributed by atoms with Gasteiger partial charge in [0.05, 0.1) is 18.8 Å². The summed E-state index contributed by atoms with van der Waals surface area (Å²) in [7, 11) is 0. The predicted octanol–water partition coefficient (Wildman–Crippen LogP) is -1.94. The first kappa shape index (κ1) is 7.94. The Balaban J connectivity index is 2.29. The van der Waals surface area contributed by atoms with Gasteiger partial charge < -0.3 is 20.6 Å². The largest absolute Gasteiger partial charge is 0.394 e. The average molecular weight is 147 g/mol. The molecular formula is C6H13NO3. The van der Waals surface area contributed by atoms with Crippen molar-refractivity contribution in [2.45, 2.75) is 24.7 Å². The molecule has 1 aliphatic rings. The maximum Gasteiger partial charge on any atom is 0.0924 e. The van der Waals surface area contributed by atoms with Gasteiger partial charge in [0, 0.05) is 12.6 Å². The van der Waals surface area contributed by atoms with Crippen LogP contribution in [0.4, 0.5) is 0 Å². The van der Waals surface area contributed by atoms with Crippen molar-refractivity contribution in [1.82, 2.24) is 5.32 Å². The highest BCUT2D eigenvalue weighted by molar-refractivity contribution is 4.85. The third-order valence-electron chi connectivity index (χ3n) is 1.79. The van der Waals surface area contributed by atoms with Crippen molar-refractivity contribution in [2.75, 3.05) is 13.2 Å². The fraction of sp³-hybridized carbons (Fsp3) is 1.00. The van der Waals surface area contributed by atoms with Crippen LogP contribution >= 0.6 is 0 Å². The predicted molar refractivity (Wildman–Crippen MR) is 35.5 cm³/mol. The van der Waals surface area contributed by atoms with Crippen LogP contribution in [0.2, 0.25) is 0 Å². The van der Waals surface area contributed by atoms with Gasteiger partial charge in [-0.25, -0.2) is 0 Å². The van der Waals surface area contributed by atoms with E-state index in [9.17, 15) is 0 Å².